The lowest BCUT2D eigenvalue weighted by molar-refractivity contribution is 0.0494. The van der Waals surface area contributed by atoms with Gasteiger partial charge in [-0.1, -0.05) is 13.3 Å². The maximum atomic E-state index is 11.2. The Bertz CT molecular complexity index is 285. The van der Waals surface area contributed by atoms with Gasteiger partial charge in [0.15, 0.2) is 10.8 Å². The molecule has 0 aliphatic heterocycles. The summed E-state index contributed by atoms with van der Waals surface area (Å²) in [7, 11) is 0. The largest absolute Gasteiger partial charge is 0.461 e. The average molecular weight is 200 g/mol. The van der Waals surface area contributed by atoms with E-state index in [1.807, 2.05) is 6.92 Å². The fraction of sp³-hybridized carbons (Fsp3) is 0.500. The molecule has 5 heteroatoms. The summed E-state index contributed by atoms with van der Waals surface area (Å²) in [6, 6.07) is 0. The molecule has 0 fully saturated rings. The zero-order valence-corrected chi connectivity index (χ0v) is 8.26. The van der Waals surface area contributed by atoms with Crippen LogP contribution >= 0.6 is 11.3 Å². The summed E-state index contributed by atoms with van der Waals surface area (Å²) in [5.74, 6) is -0.388. The van der Waals surface area contributed by atoms with Crippen LogP contribution in [0.1, 0.15) is 30.3 Å². The van der Waals surface area contributed by atoms with E-state index in [9.17, 15) is 4.79 Å². The normalized spacial score (nSPS) is 9.92. The van der Waals surface area contributed by atoms with Crippen molar-refractivity contribution in [1.29, 1.82) is 0 Å². The summed E-state index contributed by atoms with van der Waals surface area (Å²) in [5.41, 5.74) is 5.68. The van der Waals surface area contributed by atoms with Crippen molar-refractivity contribution in [2.24, 2.45) is 0 Å². The second-order valence-electron chi connectivity index (χ2n) is 2.56. The molecule has 1 rings (SSSR count). The van der Waals surface area contributed by atoms with E-state index >= 15 is 0 Å². The SMILES string of the molecule is CCCCOC(=O)c1csc(N)n1. The van der Waals surface area contributed by atoms with E-state index in [0.717, 1.165) is 12.8 Å². The molecule has 1 aromatic rings. The van der Waals surface area contributed by atoms with Crippen molar-refractivity contribution in [2.45, 2.75) is 19.8 Å². The highest BCUT2D eigenvalue weighted by Gasteiger charge is 2.09. The van der Waals surface area contributed by atoms with Gasteiger partial charge in [-0.2, -0.15) is 0 Å². The quantitative estimate of drug-likeness (QED) is 0.593. The third kappa shape index (κ3) is 3.02. The lowest BCUT2D eigenvalue weighted by atomic mass is 10.4. The number of carbonyl (C=O) groups excluding carboxylic acids is 1. The molecule has 13 heavy (non-hydrogen) atoms. The molecule has 1 aromatic heterocycles. The van der Waals surface area contributed by atoms with Crippen LogP contribution in [0.2, 0.25) is 0 Å². The van der Waals surface area contributed by atoms with Gasteiger partial charge in [0.1, 0.15) is 0 Å². The molecule has 0 aliphatic carbocycles. The van der Waals surface area contributed by atoms with Gasteiger partial charge in [0.25, 0.3) is 0 Å². The van der Waals surface area contributed by atoms with Gasteiger partial charge in [0.05, 0.1) is 6.61 Å². The molecule has 0 aromatic carbocycles. The van der Waals surface area contributed by atoms with Crippen LogP contribution in [0.25, 0.3) is 0 Å². The first-order chi connectivity index (χ1) is 6.24. The molecule has 72 valence electrons. The fourth-order valence-corrected chi connectivity index (χ4v) is 1.30. The number of esters is 1. The lowest BCUT2D eigenvalue weighted by Crippen LogP contribution is -2.06. The average Bonchev–Trinajstić information content (AvgIpc) is 2.52. The number of thiazole rings is 1. The van der Waals surface area contributed by atoms with Gasteiger partial charge in [0.2, 0.25) is 0 Å². The zero-order valence-electron chi connectivity index (χ0n) is 7.45. The maximum Gasteiger partial charge on any atom is 0.357 e. The minimum absolute atomic E-state index is 0.304. The van der Waals surface area contributed by atoms with Crippen molar-refractivity contribution < 1.29 is 9.53 Å². The lowest BCUT2D eigenvalue weighted by Gasteiger charge is -1.99. The van der Waals surface area contributed by atoms with Crippen molar-refractivity contribution >= 4 is 22.4 Å². The van der Waals surface area contributed by atoms with Crippen molar-refractivity contribution in [3.8, 4) is 0 Å². The van der Waals surface area contributed by atoms with Crippen molar-refractivity contribution in [1.82, 2.24) is 4.98 Å². The molecule has 4 nitrogen and oxygen atoms in total. The summed E-state index contributed by atoms with van der Waals surface area (Å²) in [5, 5.41) is 1.99. The van der Waals surface area contributed by atoms with Crippen LogP contribution in [-0.2, 0) is 4.74 Å². The number of nitrogens with zero attached hydrogens (tertiary/aromatic N) is 1. The number of ether oxygens (including phenoxy) is 1. The standard InChI is InChI=1S/C8H12N2O2S/c1-2-3-4-12-7(11)6-5-13-8(9)10-6/h5H,2-4H2,1H3,(H2,9,10). The number of anilines is 1. The van der Waals surface area contributed by atoms with Crippen LogP contribution in [0.5, 0.6) is 0 Å². The van der Waals surface area contributed by atoms with E-state index in [2.05, 4.69) is 4.98 Å². The first-order valence-corrected chi connectivity index (χ1v) is 5.00. The number of unbranched alkanes of at least 4 members (excludes halogenated alkanes) is 1. The van der Waals surface area contributed by atoms with E-state index in [1.54, 1.807) is 5.38 Å². The predicted molar refractivity (Wildman–Crippen MR) is 51.7 cm³/mol. The summed E-state index contributed by atoms with van der Waals surface area (Å²) in [4.78, 5) is 15.0. The van der Waals surface area contributed by atoms with Crippen molar-refractivity contribution in [2.75, 3.05) is 12.3 Å². The van der Waals surface area contributed by atoms with Gasteiger partial charge in [-0.3, -0.25) is 0 Å². The third-order valence-electron chi connectivity index (χ3n) is 1.46. The van der Waals surface area contributed by atoms with E-state index in [4.69, 9.17) is 10.5 Å². The highest BCUT2D eigenvalue weighted by atomic mass is 32.1. The maximum absolute atomic E-state index is 11.2. The Balaban J connectivity index is 2.40. The van der Waals surface area contributed by atoms with Gasteiger partial charge in [-0.25, -0.2) is 9.78 Å². The van der Waals surface area contributed by atoms with Crippen LogP contribution in [0.4, 0.5) is 5.13 Å². The number of hydrogen-bond donors (Lipinski definition) is 1. The second kappa shape index (κ2) is 4.81. The summed E-state index contributed by atoms with van der Waals surface area (Å²) >= 11 is 1.24. The van der Waals surface area contributed by atoms with E-state index in [-0.39, 0.29) is 5.97 Å². The minimum atomic E-state index is -0.388. The zero-order chi connectivity index (χ0) is 9.68. The molecule has 0 bridgehead atoms. The molecule has 2 N–H and O–H groups in total. The molecule has 0 spiro atoms. The molecule has 0 saturated carbocycles. The van der Waals surface area contributed by atoms with Crippen LogP contribution < -0.4 is 5.73 Å². The molecule has 0 amide bonds. The number of nitrogen functional groups attached to an aromatic ring is 1. The van der Waals surface area contributed by atoms with Crippen LogP contribution in [0.15, 0.2) is 5.38 Å². The number of rotatable bonds is 4. The fourth-order valence-electron chi connectivity index (χ4n) is 0.765. The summed E-state index contributed by atoms with van der Waals surface area (Å²) in [6.07, 6.45) is 1.89. The monoisotopic (exact) mass is 200 g/mol. The van der Waals surface area contributed by atoms with Crippen molar-refractivity contribution in [3.63, 3.8) is 0 Å². The van der Waals surface area contributed by atoms with Crippen molar-refractivity contribution in [3.05, 3.63) is 11.1 Å². The van der Waals surface area contributed by atoms with Gasteiger partial charge in [0, 0.05) is 5.38 Å². The first-order valence-electron chi connectivity index (χ1n) is 4.12. The Morgan fingerprint density at radius 3 is 3.08 bits per heavy atom. The predicted octanol–water partition coefficient (Wildman–Crippen LogP) is 1.68. The van der Waals surface area contributed by atoms with E-state index in [0.29, 0.717) is 17.4 Å². The highest BCUT2D eigenvalue weighted by molar-refractivity contribution is 7.13. The number of nitrogens with two attached hydrogens (primary N) is 1. The van der Waals surface area contributed by atoms with Gasteiger partial charge in [-0.15, -0.1) is 11.3 Å². The van der Waals surface area contributed by atoms with E-state index in [1.165, 1.54) is 11.3 Å². The minimum Gasteiger partial charge on any atom is -0.461 e. The summed E-state index contributed by atoms with van der Waals surface area (Å²) < 4.78 is 4.93. The third-order valence-corrected chi connectivity index (χ3v) is 2.14. The number of aromatic nitrogens is 1. The Morgan fingerprint density at radius 1 is 1.77 bits per heavy atom. The van der Waals surface area contributed by atoms with Gasteiger partial charge in [-0.05, 0) is 6.42 Å². The van der Waals surface area contributed by atoms with Crippen LogP contribution in [0.3, 0.4) is 0 Å². The Hall–Kier alpha value is -1.10. The smallest absolute Gasteiger partial charge is 0.357 e. The molecule has 1 heterocycles. The molecule has 0 saturated heterocycles. The Kier molecular flexibility index (Phi) is 3.70. The topological polar surface area (TPSA) is 65.2 Å². The molecule has 0 aliphatic rings. The van der Waals surface area contributed by atoms with Gasteiger partial charge < -0.3 is 10.5 Å². The molecule has 0 radical (unpaired) electrons. The highest BCUT2D eigenvalue weighted by Crippen LogP contribution is 2.11. The summed E-state index contributed by atoms with van der Waals surface area (Å²) in [6.45, 7) is 2.49. The van der Waals surface area contributed by atoms with E-state index < -0.39 is 0 Å². The molecular weight excluding hydrogens is 188 g/mol. The second-order valence-corrected chi connectivity index (χ2v) is 3.45. The Labute approximate surface area is 80.7 Å². The van der Waals surface area contributed by atoms with Gasteiger partial charge >= 0.3 is 5.97 Å². The Morgan fingerprint density at radius 2 is 2.54 bits per heavy atom. The first kappa shape index (κ1) is 9.98. The van der Waals surface area contributed by atoms with Crippen LogP contribution in [0, 0.1) is 0 Å². The molecule has 0 unspecified atom stereocenters. The number of carbonyl (C=O) groups is 1. The molecule has 0 atom stereocenters. The van der Waals surface area contributed by atoms with Crippen LogP contribution in [-0.4, -0.2) is 17.6 Å². The molecular formula is C8H12N2O2S. The number of hydrogen-bond acceptors (Lipinski definition) is 5.